The third-order valence-corrected chi connectivity index (χ3v) is 2.65. The number of methoxy groups -OCH3 is 1. The van der Waals surface area contributed by atoms with Crippen LogP contribution >= 0.6 is 0 Å². The number of ether oxygens (including phenoxy) is 1. The molecule has 82 valence electrons. The van der Waals surface area contributed by atoms with Crippen molar-refractivity contribution in [3.63, 3.8) is 0 Å². The summed E-state index contributed by atoms with van der Waals surface area (Å²) in [6, 6.07) is 0.489. The van der Waals surface area contributed by atoms with E-state index in [1.54, 1.807) is 7.11 Å². The lowest BCUT2D eigenvalue weighted by molar-refractivity contribution is -0.134. The second kappa shape index (κ2) is 5.32. The topological polar surface area (TPSA) is 55.6 Å². The Balaban J connectivity index is 2.37. The summed E-state index contributed by atoms with van der Waals surface area (Å²) >= 11 is 0. The molecule has 0 aromatic heterocycles. The van der Waals surface area contributed by atoms with Crippen LogP contribution in [0.2, 0.25) is 0 Å². The Kier molecular flexibility index (Phi) is 4.35. The summed E-state index contributed by atoms with van der Waals surface area (Å²) in [4.78, 5) is 13.7. The third kappa shape index (κ3) is 2.96. The van der Waals surface area contributed by atoms with Gasteiger partial charge in [0, 0.05) is 26.2 Å². The molecule has 0 aliphatic heterocycles. The van der Waals surface area contributed by atoms with Crippen LogP contribution < -0.4 is 5.73 Å². The van der Waals surface area contributed by atoms with Crippen LogP contribution in [0.3, 0.4) is 0 Å². The van der Waals surface area contributed by atoms with E-state index >= 15 is 0 Å². The minimum atomic E-state index is -0.129. The smallest absolute Gasteiger partial charge is 0.225 e. The number of rotatable bonds is 6. The first-order chi connectivity index (χ1) is 6.72. The first-order valence-electron chi connectivity index (χ1n) is 5.25. The third-order valence-electron chi connectivity index (χ3n) is 2.65. The van der Waals surface area contributed by atoms with Gasteiger partial charge < -0.3 is 15.4 Å². The number of nitrogens with two attached hydrogens (primary N) is 1. The van der Waals surface area contributed by atoms with Crippen LogP contribution in [0.4, 0.5) is 0 Å². The zero-order valence-corrected chi connectivity index (χ0v) is 9.03. The van der Waals surface area contributed by atoms with Gasteiger partial charge >= 0.3 is 0 Å². The van der Waals surface area contributed by atoms with Crippen molar-refractivity contribution in [2.24, 2.45) is 5.73 Å². The molecule has 2 N–H and O–H groups in total. The van der Waals surface area contributed by atoms with Gasteiger partial charge in [0.2, 0.25) is 5.91 Å². The van der Waals surface area contributed by atoms with E-state index in [0.29, 0.717) is 19.0 Å². The second-order valence-electron chi connectivity index (χ2n) is 3.71. The van der Waals surface area contributed by atoms with Crippen molar-refractivity contribution in [1.29, 1.82) is 0 Å². The minimum Gasteiger partial charge on any atom is -0.380 e. The first-order valence-corrected chi connectivity index (χ1v) is 5.25. The summed E-state index contributed by atoms with van der Waals surface area (Å²) in [5.74, 6) is 0.173. The van der Waals surface area contributed by atoms with E-state index in [1.807, 2.05) is 11.8 Å². The number of amides is 1. The Morgan fingerprint density at radius 3 is 2.64 bits per heavy atom. The fourth-order valence-electron chi connectivity index (χ4n) is 1.60. The molecular formula is C10H20N2O2. The van der Waals surface area contributed by atoms with Crippen molar-refractivity contribution in [2.75, 3.05) is 20.2 Å². The molecule has 4 nitrogen and oxygen atoms in total. The Labute approximate surface area is 85.4 Å². The molecule has 0 radical (unpaired) electrons. The molecule has 1 amide bonds. The molecule has 0 aromatic rings. The van der Waals surface area contributed by atoms with Gasteiger partial charge in [-0.15, -0.1) is 0 Å². The second-order valence-corrected chi connectivity index (χ2v) is 3.71. The summed E-state index contributed by atoms with van der Waals surface area (Å²) < 4.78 is 5.09. The van der Waals surface area contributed by atoms with Crippen LogP contribution in [-0.4, -0.2) is 43.2 Å². The van der Waals surface area contributed by atoms with Gasteiger partial charge in [0.15, 0.2) is 0 Å². The molecule has 1 fully saturated rings. The quantitative estimate of drug-likeness (QED) is 0.673. The molecule has 14 heavy (non-hydrogen) atoms. The molecule has 1 unspecified atom stereocenters. The fourth-order valence-corrected chi connectivity index (χ4v) is 1.60. The zero-order valence-electron chi connectivity index (χ0n) is 9.03. The number of nitrogens with zero attached hydrogens (tertiary/aromatic N) is 1. The maximum atomic E-state index is 11.8. The molecule has 1 rings (SSSR count). The minimum absolute atomic E-state index is 0.129. The standard InChI is InChI=1S/C10H20N2O2/c1-3-12(8-4-5-8)10(13)6-9(7-11)14-2/h8-9H,3-7,11H2,1-2H3. The SMILES string of the molecule is CCN(C(=O)CC(CN)OC)C1CC1. The number of carbonyl (C=O) groups excluding carboxylic acids is 1. The van der Waals surface area contributed by atoms with Crippen molar-refractivity contribution in [1.82, 2.24) is 4.90 Å². The van der Waals surface area contributed by atoms with Gasteiger partial charge in [-0.1, -0.05) is 0 Å². The molecule has 1 saturated carbocycles. The Morgan fingerprint density at radius 1 is 1.64 bits per heavy atom. The molecule has 0 bridgehead atoms. The average Bonchev–Trinajstić information content (AvgIpc) is 2.99. The highest BCUT2D eigenvalue weighted by Crippen LogP contribution is 2.27. The molecule has 0 heterocycles. The van der Waals surface area contributed by atoms with E-state index in [2.05, 4.69) is 0 Å². The van der Waals surface area contributed by atoms with E-state index in [1.165, 1.54) is 0 Å². The fraction of sp³-hybridized carbons (Fsp3) is 0.900. The number of hydrogen-bond donors (Lipinski definition) is 1. The lowest BCUT2D eigenvalue weighted by atomic mass is 10.2. The van der Waals surface area contributed by atoms with Gasteiger partial charge in [-0.2, -0.15) is 0 Å². The maximum Gasteiger partial charge on any atom is 0.225 e. The van der Waals surface area contributed by atoms with E-state index in [-0.39, 0.29) is 12.0 Å². The van der Waals surface area contributed by atoms with Gasteiger partial charge in [-0.3, -0.25) is 4.79 Å². The lowest BCUT2D eigenvalue weighted by Gasteiger charge is -2.22. The lowest BCUT2D eigenvalue weighted by Crippen LogP contribution is -2.37. The Morgan fingerprint density at radius 2 is 2.29 bits per heavy atom. The predicted octanol–water partition coefficient (Wildman–Crippen LogP) is 0.361. The maximum absolute atomic E-state index is 11.8. The van der Waals surface area contributed by atoms with Crippen molar-refractivity contribution in [3.05, 3.63) is 0 Å². The van der Waals surface area contributed by atoms with Gasteiger partial charge in [-0.05, 0) is 19.8 Å². The molecule has 0 spiro atoms. The summed E-state index contributed by atoms with van der Waals surface area (Å²) in [6.45, 7) is 3.22. The van der Waals surface area contributed by atoms with Crippen LogP contribution in [0.15, 0.2) is 0 Å². The van der Waals surface area contributed by atoms with E-state index < -0.39 is 0 Å². The van der Waals surface area contributed by atoms with Crippen LogP contribution in [0.5, 0.6) is 0 Å². The Hall–Kier alpha value is -0.610. The number of carbonyl (C=O) groups is 1. The van der Waals surface area contributed by atoms with E-state index in [9.17, 15) is 4.79 Å². The summed E-state index contributed by atoms with van der Waals surface area (Å²) in [6.07, 6.45) is 2.59. The molecular weight excluding hydrogens is 180 g/mol. The molecule has 0 aromatic carbocycles. The summed E-state index contributed by atoms with van der Waals surface area (Å²) in [5, 5.41) is 0. The van der Waals surface area contributed by atoms with Crippen LogP contribution in [0.1, 0.15) is 26.2 Å². The Bertz CT molecular complexity index is 189. The number of hydrogen-bond acceptors (Lipinski definition) is 3. The zero-order chi connectivity index (χ0) is 10.6. The van der Waals surface area contributed by atoms with Crippen LogP contribution in [0, 0.1) is 0 Å². The molecule has 1 aliphatic carbocycles. The predicted molar refractivity (Wildman–Crippen MR) is 54.9 cm³/mol. The highest BCUT2D eigenvalue weighted by Gasteiger charge is 2.31. The largest absolute Gasteiger partial charge is 0.380 e. The van der Waals surface area contributed by atoms with Crippen molar-refractivity contribution < 1.29 is 9.53 Å². The summed E-state index contributed by atoms with van der Waals surface area (Å²) in [5.41, 5.74) is 5.47. The van der Waals surface area contributed by atoms with Crippen molar-refractivity contribution in [2.45, 2.75) is 38.3 Å². The monoisotopic (exact) mass is 200 g/mol. The van der Waals surface area contributed by atoms with Gasteiger partial charge in [0.05, 0.1) is 12.5 Å². The van der Waals surface area contributed by atoms with Crippen molar-refractivity contribution in [3.8, 4) is 0 Å². The van der Waals surface area contributed by atoms with Crippen LogP contribution in [0.25, 0.3) is 0 Å². The van der Waals surface area contributed by atoms with E-state index in [0.717, 1.165) is 19.4 Å². The van der Waals surface area contributed by atoms with Gasteiger partial charge in [0.25, 0.3) is 0 Å². The van der Waals surface area contributed by atoms with Gasteiger partial charge in [0.1, 0.15) is 0 Å². The molecule has 1 aliphatic rings. The normalized spacial score (nSPS) is 17.9. The average molecular weight is 200 g/mol. The van der Waals surface area contributed by atoms with Crippen LogP contribution in [-0.2, 0) is 9.53 Å². The molecule has 4 heteroatoms. The highest BCUT2D eigenvalue weighted by atomic mass is 16.5. The molecule has 1 atom stereocenters. The first kappa shape index (κ1) is 11.5. The highest BCUT2D eigenvalue weighted by molar-refractivity contribution is 5.77. The molecule has 0 saturated heterocycles. The van der Waals surface area contributed by atoms with E-state index in [4.69, 9.17) is 10.5 Å². The van der Waals surface area contributed by atoms with Gasteiger partial charge in [-0.25, -0.2) is 0 Å². The summed E-state index contributed by atoms with van der Waals surface area (Å²) in [7, 11) is 1.60. The van der Waals surface area contributed by atoms with Crippen molar-refractivity contribution >= 4 is 5.91 Å².